The molecule has 0 fully saturated rings. The standard InChI is InChI=1S/C2H7FOSi/c3-1-2-4-5/h1-2H2,5H3. The molecule has 0 atom stereocenters. The maximum atomic E-state index is 10.9. The monoisotopic (exact) mass is 94.0 g/mol. The SMILES string of the molecule is FCCO[SiH3]. The van der Waals surface area contributed by atoms with E-state index >= 15 is 0 Å². The summed E-state index contributed by atoms with van der Waals surface area (Å²) in [5, 5.41) is 0. The van der Waals surface area contributed by atoms with Crippen LogP contribution in [0.15, 0.2) is 0 Å². The molecular weight excluding hydrogens is 87.1 g/mol. The lowest BCUT2D eigenvalue weighted by atomic mass is 10.9. The molecule has 0 bridgehead atoms. The third-order valence-electron chi connectivity index (χ3n) is 0.281. The summed E-state index contributed by atoms with van der Waals surface area (Å²) in [6.45, 7) is -0.0598. The lowest BCUT2D eigenvalue weighted by molar-refractivity contribution is 0.295. The van der Waals surface area contributed by atoms with Crippen LogP contribution in [0.5, 0.6) is 0 Å². The van der Waals surface area contributed by atoms with E-state index < -0.39 is 0 Å². The van der Waals surface area contributed by atoms with Gasteiger partial charge in [-0.1, -0.05) is 0 Å². The van der Waals surface area contributed by atoms with Crippen molar-refractivity contribution in [2.75, 3.05) is 13.3 Å². The van der Waals surface area contributed by atoms with Gasteiger partial charge in [0, 0.05) is 0 Å². The Bertz CT molecular complexity index is 17.1. The average Bonchev–Trinajstić information content (AvgIpc) is 1.41. The molecule has 0 spiro atoms. The predicted octanol–water partition coefficient (Wildman–Crippen LogP) is -0.747. The van der Waals surface area contributed by atoms with E-state index in [-0.39, 0.29) is 13.3 Å². The van der Waals surface area contributed by atoms with E-state index in [0.29, 0.717) is 10.5 Å². The summed E-state index contributed by atoms with van der Waals surface area (Å²) < 4.78 is 15.3. The van der Waals surface area contributed by atoms with Crippen LogP contribution in [0.25, 0.3) is 0 Å². The second-order valence-electron chi connectivity index (χ2n) is 0.682. The molecule has 32 valence electrons. The van der Waals surface area contributed by atoms with Gasteiger partial charge in [0.15, 0.2) is 0 Å². The van der Waals surface area contributed by atoms with Crippen molar-refractivity contribution in [1.82, 2.24) is 0 Å². The maximum absolute atomic E-state index is 10.9. The number of alkyl halides is 1. The quantitative estimate of drug-likeness (QED) is 0.409. The molecule has 5 heavy (non-hydrogen) atoms. The lowest BCUT2D eigenvalue weighted by Gasteiger charge is -1.83. The minimum absolute atomic E-state index is 0.284. The third-order valence-corrected chi connectivity index (χ3v) is 0.690. The number of hydrogen-bond donors (Lipinski definition) is 0. The van der Waals surface area contributed by atoms with Crippen LogP contribution in [-0.4, -0.2) is 23.8 Å². The fraction of sp³-hybridized carbons (Fsp3) is 1.00. The first-order chi connectivity index (χ1) is 2.41. The van der Waals surface area contributed by atoms with Crippen molar-refractivity contribution in [1.29, 1.82) is 0 Å². The number of halogens is 1. The van der Waals surface area contributed by atoms with Crippen molar-refractivity contribution in [2.45, 2.75) is 0 Å². The molecule has 0 rings (SSSR count). The Hall–Kier alpha value is 0.107. The maximum Gasteiger partial charge on any atom is 0.146 e. The molecule has 0 unspecified atom stereocenters. The molecule has 0 aromatic carbocycles. The summed E-state index contributed by atoms with van der Waals surface area (Å²) in [7, 11) is 0.659. The molecule has 3 heteroatoms. The average molecular weight is 94.2 g/mol. The van der Waals surface area contributed by atoms with Crippen molar-refractivity contribution in [3.63, 3.8) is 0 Å². The lowest BCUT2D eigenvalue weighted by Crippen LogP contribution is -1.88. The first-order valence-electron chi connectivity index (χ1n) is 1.46. The minimum atomic E-state index is -0.344. The van der Waals surface area contributed by atoms with E-state index in [4.69, 9.17) is 0 Å². The van der Waals surface area contributed by atoms with Crippen LogP contribution >= 0.6 is 0 Å². The van der Waals surface area contributed by atoms with Crippen LogP contribution in [0, 0.1) is 0 Å². The molecule has 0 aliphatic carbocycles. The highest BCUT2D eigenvalue weighted by molar-refractivity contribution is 5.97. The smallest absolute Gasteiger partial charge is 0.146 e. The van der Waals surface area contributed by atoms with Crippen molar-refractivity contribution in [2.24, 2.45) is 0 Å². The number of hydrogen-bond acceptors (Lipinski definition) is 1. The van der Waals surface area contributed by atoms with E-state index in [1.54, 1.807) is 0 Å². The van der Waals surface area contributed by atoms with E-state index in [2.05, 4.69) is 4.43 Å². The second kappa shape index (κ2) is 4.11. The summed E-state index contributed by atoms with van der Waals surface area (Å²) in [6.07, 6.45) is 0. The molecule has 0 heterocycles. The fourth-order valence-electron chi connectivity index (χ4n) is 0.0772. The van der Waals surface area contributed by atoms with Crippen LogP contribution in [0.2, 0.25) is 0 Å². The molecule has 0 radical (unpaired) electrons. The van der Waals surface area contributed by atoms with Gasteiger partial charge in [0.25, 0.3) is 0 Å². The molecule has 0 aromatic heterocycles. The Balaban J connectivity index is 2.19. The largest absolute Gasteiger partial charge is 0.425 e. The highest BCUT2D eigenvalue weighted by Crippen LogP contribution is 1.63. The summed E-state index contributed by atoms with van der Waals surface area (Å²) >= 11 is 0. The van der Waals surface area contributed by atoms with Gasteiger partial charge in [0.1, 0.15) is 17.2 Å². The zero-order chi connectivity index (χ0) is 4.12. The van der Waals surface area contributed by atoms with Crippen molar-refractivity contribution >= 4 is 10.5 Å². The van der Waals surface area contributed by atoms with Crippen molar-refractivity contribution in [3.8, 4) is 0 Å². The summed E-state index contributed by atoms with van der Waals surface area (Å²) in [5.41, 5.74) is 0. The molecular formula is C2H7FOSi. The van der Waals surface area contributed by atoms with E-state index in [0.717, 1.165) is 0 Å². The summed E-state index contributed by atoms with van der Waals surface area (Å²) in [4.78, 5) is 0. The van der Waals surface area contributed by atoms with Gasteiger partial charge in [-0.05, 0) is 0 Å². The Kier molecular flexibility index (Phi) is 4.19. The van der Waals surface area contributed by atoms with Gasteiger partial charge < -0.3 is 4.43 Å². The van der Waals surface area contributed by atoms with Gasteiger partial charge in [0.05, 0.1) is 6.61 Å². The Morgan fingerprint density at radius 2 is 2.40 bits per heavy atom. The molecule has 0 aliphatic heterocycles. The van der Waals surface area contributed by atoms with Crippen LogP contribution in [0.4, 0.5) is 4.39 Å². The van der Waals surface area contributed by atoms with Crippen LogP contribution < -0.4 is 0 Å². The molecule has 0 amide bonds. The fourth-order valence-corrected chi connectivity index (χ4v) is 0.231. The van der Waals surface area contributed by atoms with Gasteiger partial charge in [-0.2, -0.15) is 0 Å². The van der Waals surface area contributed by atoms with Gasteiger partial charge >= 0.3 is 0 Å². The zero-order valence-electron chi connectivity index (χ0n) is 3.20. The van der Waals surface area contributed by atoms with Gasteiger partial charge in [-0.25, -0.2) is 4.39 Å². The Morgan fingerprint density at radius 3 is 2.40 bits per heavy atom. The highest BCUT2D eigenvalue weighted by atomic mass is 28.2. The van der Waals surface area contributed by atoms with Crippen molar-refractivity contribution in [3.05, 3.63) is 0 Å². The van der Waals surface area contributed by atoms with E-state index in [9.17, 15) is 4.39 Å². The van der Waals surface area contributed by atoms with Crippen LogP contribution in [0.3, 0.4) is 0 Å². The second-order valence-corrected chi connectivity index (χ2v) is 1.26. The molecule has 1 nitrogen and oxygen atoms in total. The first-order valence-corrected chi connectivity index (χ1v) is 2.28. The predicted molar refractivity (Wildman–Crippen MR) is 21.9 cm³/mol. The van der Waals surface area contributed by atoms with Gasteiger partial charge in [-0.3, -0.25) is 0 Å². The first kappa shape index (κ1) is 5.11. The van der Waals surface area contributed by atoms with E-state index in [1.165, 1.54) is 0 Å². The molecule has 0 N–H and O–H groups in total. The highest BCUT2D eigenvalue weighted by Gasteiger charge is 1.69. The summed E-state index contributed by atoms with van der Waals surface area (Å²) in [6, 6.07) is 0. The molecule has 0 saturated carbocycles. The van der Waals surface area contributed by atoms with E-state index in [1.807, 2.05) is 0 Å². The molecule has 0 aromatic rings. The normalized spacial score (nSPS) is 9.00. The topological polar surface area (TPSA) is 9.23 Å². The van der Waals surface area contributed by atoms with Crippen molar-refractivity contribution < 1.29 is 8.82 Å². The minimum Gasteiger partial charge on any atom is -0.425 e. The van der Waals surface area contributed by atoms with Crippen LogP contribution in [-0.2, 0) is 4.43 Å². The Morgan fingerprint density at radius 1 is 1.80 bits per heavy atom. The van der Waals surface area contributed by atoms with Gasteiger partial charge in [0.2, 0.25) is 0 Å². The van der Waals surface area contributed by atoms with Gasteiger partial charge in [-0.15, -0.1) is 0 Å². The Labute approximate surface area is 33.7 Å². The molecule has 0 saturated heterocycles. The van der Waals surface area contributed by atoms with Crippen LogP contribution in [0.1, 0.15) is 0 Å². The summed E-state index contributed by atoms with van der Waals surface area (Å²) in [5.74, 6) is 0. The molecule has 0 aliphatic rings. The number of rotatable bonds is 2. The third kappa shape index (κ3) is 4.11. The zero-order valence-corrected chi connectivity index (χ0v) is 5.20.